The van der Waals surface area contributed by atoms with Crippen LogP contribution in [0.15, 0.2) is 48.5 Å². The minimum Gasteiger partial charge on any atom is -0.497 e. The Labute approximate surface area is 180 Å². The number of hydrogen-bond acceptors (Lipinski definition) is 6. The van der Waals surface area contributed by atoms with E-state index in [4.69, 9.17) is 9.47 Å². The summed E-state index contributed by atoms with van der Waals surface area (Å²) in [5.74, 6) is -0.823. The Hall–Kier alpha value is -3.68. The molecule has 3 rings (SSSR count). The van der Waals surface area contributed by atoms with Gasteiger partial charge in [-0.15, -0.1) is 0 Å². The number of carbonyl (C=O) groups is 4. The third-order valence-corrected chi connectivity index (χ3v) is 4.94. The normalized spacial score (nSPS) is 14.3. The highest BCUT2D eigenvalue weighted by Gasteiger charge is 2.30. The fraction of sp³-hybridized carbons (Fsp3) is 0.304. The molecule has 1 aliphatic heterocycles. The lowest BCUT2D eigenvalue weighted by molar-refractivity contribution is -0.129. The molecule has 0 bridgehead atoms. The van der Waals surface area contributed by atoms with Gasteiger partial charge in [-0.05, 0) is 55.3 Å². The zero-order valence-corrected chi connectivity index (χ0v) is 17.4. The smallest absolute Gasteiger partial charge is 0.338 e. The van der Waals surface area contributed by atoms with E-state index in [0.29, 0.717) is 18.7 Å². The summed E-state index contributed by atoms with van der Waals surface area (Å²) in [6.45, 7) is 1.90. The van der Waals surface area contributed by atoms with Crippen LogP contribution in [0, 0.1) is 0 Å². The maximum atomic E-state index is 12.3. The number of ether oxygens (including phenoxy) is 2. The minimum atomic E-state index is -0.968. The number of methoxy groups -OCH3 is 1. The molecule has 2 aromatic rings. The largest absolute Gasteiger partial charge is 0.497 e. The van der Waals surface area contributed by atoms with Crippen molar-refractivity contribution >= 4 is 29.4 Å². The van der Waals surface area contributed by atoms with Gasteiger partial charge in [-0.1, -0.05) is 12.1 Å². The van der Waals surface area contributed by atoms with Gasteiger partial charge >= 0.3 is 5.97 Å². The van der Waals surface area contributed by atoms with Crippen molar-refractivity contribution in [1.82, 2.24) is 5.32 Å². The van der Waals surface area contributed by atoms with Crippen LogP contribution in [0.1, 0.15) is 35.7 Å². The average Bonchev–Trinajstić information content (AvgIpc) is 3.12. The van der Waals surface area contributed by atoms with Crippen LogP contribution in [-0.4, -0.2) is 43.4 Å². The summed E-state index contributed by atoms with van der Waals surface area (Å²) in [7, 11) is 1.60. The van der Waals surface area contributed by atoms with Crippen LogP contribution in [0.5, 0.6) is 5.75 Å². The second-order valence-electron chi connectivity index (χ2n) is 7.11. The summed E-state index contributed by atoms with van der Waals surface area (Å²) in [4.78, 5) is 49.2. The van der Waals surface area contributed by atoms with Gasteiger partial charge in [-0.2, -0.15) is 0 Å². The van der Waals surface area contributed by atoms with E-state index in [2.05, 4.69) is 5.32 Å². The summed E-state index contributed by atoms with van der Waals surface area (Å²) < 4.78 is 10.3. The Bertz CT molecular complexity index is 953. The maximum absolute atomic E-state index is 12.3. The number of anilines is 1. The van der Waals surface area contributed by atoms with Gasteiger partial charge < -0.3 is 14.8 Å². The van der Waals surface area contributed by atoms with E-state index in [1.54, 1.807) is 7.11 Å². The molecule has 1 N–H and O–H groups in total. The van der Waals surface area contributed by atoms with Crippen molar-refractivity contribution in [2.45, 2.75) is 32.3 Å². The molecule has 0 radical (unpaired) electrons. The maximum Gasteiger partial charge on any atom is 0.338 e. The highest BCUT2D eigenvalue weighted by atomic mass is 16.5. The molecular weight excluding hydrogens is 400 g/mol. The van der Waals surface area contributed by atoms with Crippen molar-refractivity contribution in [1.29, 1.82) is 0 Å². The fourth-order valence-electron chi connectivity index (χ4n) is 3.16. The van der Waals surface area contributed by atoms with E-state index < -0.39 is 18.0 Å². The first-order chi connectivity index (χ1) is 14.9. The van der Waals surface area contributed by atoms with Gasteiger partial charge in [0.2, 0.25) is 11.8 Å². The van der Waals surface area contributed by atoms with Crippen LogP contribution in [-0.2, 0) is 25.5 Å². The second kappa shape index (κ2) is 9.88. The fourth-order valence-corrected chi connectivity index (χ4v) is 3.16. The van der Waals surface area contributed by atoms with E-state index in [9.17, 15) is 19.2 Å². The standard InChI is InChI=1S/C23H24N2O6/c1-15(22(28)24-14-13-16-3-9-19(30-2)10-4-16)31-23(29)17-5-7-18(8-6-17)25-20(26)11-12-21(25)27/h3-10,15H,11-14H2,1-2H3,(H,24,28). The predicted octanol–water partition coefficient (Wildman–Crippen LogP) is 2.25. The average molecular weight is 424 g/mol. The number of amides is 3. The van der Waals surface area contributed by atoms with Gasteiger partial charge in [0.25, 0.3) is 5.91 Å². The second-order valence-corrected chi connectivity index (χ2v) is 7.11. The number of hydrogen-bond donors (Lipinski definition) is 1. The van der Waals surface area contributed by atoms with Crippen molar-refractivity contribution in [2.75, 3.05) is 18.6 Å². The van der Waals surface area contributed by atoms with Gasteiger partial charge in [0.05, 0.1) is 18.4 Å². The molecule has 1 aliphatic rings. The van der Waals surface area contributed by atoms with Crippen molar-refractivity contribution in [3.63, 3.8) is 0 Å². The van der Waals surface area contributed by atoms with E-state index in [-0.39, 0.29) is 30.2 Å². The third-order valence-electron chi connectivity index (χ3n) is 4.94. The van der Waals surface area contributed by atoms with Crippen molar-refractivity contribution in [3.8, 4) is 5.75 Å². The highest BCUT2D eigenvalue weighted by molar-refractivity contribution is 6.19. The number of esters is 1. The Morgan fingerprint density at radius 1 is 1.00 bits per heavy atom. The van der Waals surface area contributed by atoms with Crippen LogP contribution in [0.4, 0.5) is 5.69 Å². The molecule has 1 unspecified atom stereocenters. The number of carbonyl (C=O) groups excluding carboxylic acids is 4. The number of imide groups is 1. The molecule has 0 aromatic heterocycles. The quantitative estimate of drug-likeness (QED) is 0.515. The Morgan fingerprint density at radius 3 is 2.19 bits per heavy atom. The van der Waals surface area contributed by atoms with Crippen LogP contribution in [0.25, 0.3) is 0 Å². The summed E-state index contributed by atoms with van der Waals surface area (Å²) in [6, 6.07) is 13.5. The summed E-state index contributed by atoms with van der Waals surface area (Å²) in [6.07, 6.45) is 0.0394. The lowest BCUT2D eigenvalue weighted by Crippen LogP contribution is -2.36. The van der Waals surface area contributed by atoms with Gasteiger partial charge in [0.1, 0.15) is 5.75 Å². The molecule has 1 atom stereocenters. The first-order valence-electron chi connectivity index (χ1n) is 9.96. The zero-order chi connectivity index (χ0) is 22.4. The van der Waals surface area contributed by atoms with E-state index >= 15 is 0 Å². The Kier molecular flexibility index (Phi) is 7.02. The number of rotatable bonds is 8. The summed E-state index contributed by atoms with van der Waals surface area (Å²) in [5, 5.41) is 2.74. The number of nitrogens with one attached hydrogen (secondary N) is 1. The molecule has 31 heavy (non-hydrogen) atoms. The number of benzene rings is 2. The first-order valence-corrected chi connectivity index (χ1v) is 9.96. The lowest BCUT2D eigenvalue weighted by atomic mass is 10.1. The molecule has 0 saturated carbocycles. The van der Waals surface area contributed by atoms with E-state index in [1.165, 1.54) is 31.2 Å². The monoisotopic (exact) mass is 424 g/mol. The molecule has 0 spiro atoms. The van der Waals surface area contributed by atoms with Crippen LogP contribution in [0.2, 0.25) is 0 Å². The molecule has 0 aliphatic carbocycles. The van der Waals surface area contributed by atoms with Crippen LogP contribution < -0.4 is 15.0 Å². The third kappa shape index (κ3) is 5.48. The van der Waals surface area contributed by atoms with Gasteiger partial charge in [0.15, 0.2) is 6.10 Å². The van der Waals surface area contributed by atoms with Gasteiger partial charge in [-0.3, -0.25) is 19.3 Å². The molecule has 8 nitrogen and oxygen atoms in total. The summed E-state index contributed by atoms with van der Waals surface area (Å²) >= 11 is 0. The van der Waals surface area contributed by atoms with Crippen LogP contribution in [0.3, 0.4) is 0 Å². The van der Waals surface area contributed by atoms with Gasteiger partial charge in [-0.25, -0.2) is 4.79 Å². The van der Waals surface area contributed by atoms with E-state index in [0.717, 1.165) is 16.2 Å². The molecular formula is C23H24N2O6. The molecule has 1 saturated heterocycles. The highest BCUT2D eigenvalue weighted by Crippen LogP contribution is 2.23. The van der Waals surface area contributed by atoms with Crippen LogP contribution >= 0.6 is 0 Å². The zero-order valence-electron chi connectivity index (χ0n) is 17.4. The topological polar surface area (TPSA) is 102 Å². The van der Waals surface area contributed by atoms with Crippen molar-refractivity contribution in [3.05, 3.63) is 59.7 Å². The first kappa shape index (κ1) is 22.0. The van der Waals surface area contributed by atoms with Gasteiger partial charge in [0, 0.05) is 19.4 Å². The molecule has 3 amide bonds. The van der Waals surface area contributed by atoms with Crippen molar-refractivity contribution in [2.24, 2.45) is 0 Å². The SMILES string of the molecule is COc1ccc(CCNC(=O)C(C)OC(=O)c2ccc(N3C(=O)CCC3=O)cc2)cc1. The molecule has 1 fully saturated rings. The molecule has 162 valence electrons. The summed E-state index contributed by atoms with van der Waals surface area (Å²) in [5.41, 5.74) is 1.68. The van der Waals surface area contributed by atoms with Crippen molar-refractivity contribution < 1.29 is 28.7 Å². The molecule has 2 aromatic carbocycles. The molecule has 1 heterocycles. The Morgan fingerprint density at radius 2 is 1.61 bits per heavy atom. The number of nitrogens with zero attached hydrogens (tertiary/aromatic N) is 1. The Balaban J connectivity index is 1.48. The minimum absolute atomic E-state index is 0.188. The predicted molar refractivity (Wildman–Crippen MR) is 113 cm³/mol. The lowest BCUT2D eigenvalue weighted by Gasteiger charge is -2.15. The van der Waals surface area contributed by atoms with E-state index in [1.807, 2.05) is 24.3 Å². The molecule has 8 heteroatoms.